The number of hydrogen-bond donors (Lipinski definition) is 0. The minimum absolute atomic E-state index is 0.391. The Morgan fingerprint density at radius 1 is 1.23 bits per heavy atom. The van der Waals surface area contributed by atoms with Crippen molar-refractivity contribution in [2.45, 2.75) is 58.4 Å². The minimum atomic E-state index is 0.391. The molecule has 0 heterocycles. The zero-order valence-corrected chi connectivity index (χ0v) is 9.77. The van der Waals surface area contributed by atoms with Crippen LogP contribution in [0.2, 0.25) is 0 Å². The van der Waals surface area contributed by atoms with Crippen LogP contribution in [0, 0.1) is 5.92 Å². The molecular formula is C12H25N. The van der Waals surface area contributed by atoms with Gasteiger partial charge in [-0.3, -0.25) is 0 Å². The van der Waals surface area contributed by atoms with Gasteiger partial charge in [0.15, 0.2) is 0 Å². The summed E-state index contributed by atoms with van der Waals surface area (Å²) in [7, 11) is 2.28. The van der Waals surface area contributed by atoms with Gasteiger partial charge in [0.2, 0.25) is 0 Å². The first-order valence-electron chi connectivity index (χ1n) is 5.77. The Kier molecular flexibility index (Phi) is 3.78. The fraction of sp³-hybridized carbons (Fsp3) is 1.00. The van der Waals surface area contributed by atoms with Crippen molar-refractivity contribution in [1.82, 2.24) is 4.90 Å². The molecule has 0 amide bonds. The van der Waals surface area contributed by atoms with Crippen LogP contribution < -0.4 is 0 Å². The van der Waals surface area contributed by atoms with Gasteiger partial charge in [0.05, 0.1) is 0 Å². The van der Waals surface area contributed by atoms with Crippen LogP contribution in [0.3, 0.4) is 0 Å². The summed E-state index contributed by atoms with van der Waals surface area (Å²) in [4.78, 5) is 2.54. The number of nitrogens with zero attached hydrogens (tertiary/aromatic N) is 1. The fourth-order valence-corrected chi connectivity index (χ4v) is 2.10. The molecule has 0 atom stereocenters. The maximum Gasteiger partial charge on any atom is 0.0147 e. The average Bonchev–Trinajstić information content (AvgIpc) is 2.57. The molecule has 78 valence electrons. The molecule has 0 unspecified atom stereocenters. The predicted octanol–water partition coefficient (Wildman–Crippen LogP) is 3.30. The molecule has 1 heteroatoms. The maximum atomic E-state index is 2.54. The van der Waals surface area contributed by atoms with Crippen LogP contribution >= 0.6 is 0 Å². The Labute approximate surface area is 83.5 Å². The van der Waals surface area contributed by atoms with E-state index in [0.29, 0.717) is 5.54 Å². The van der Waals surface area contributed by atoms with Gasteiger partial charge in [-0.1, -0.05) is 19.8 Å². The topological polar surface area (TPSA) is 3.24 Å². The summed E-state index contributed by atoms with van der Waals surface area (Å²) in [5.74, 6) is 0.982. The zero-order chi connectivity index (χ0) is 9.90. The van der Waals surface area contributed by atoms with Crippen LogP contribution in [0.15, 0.2) is 0 Å². The van der Waals surface area contributed by atoms with Crippen molar-refractivity contribution < 1.29 is 0 Å². The first-order valence-corrected chi connectivity index (χ1v) is 5.77. The number of rotatable bonds is 4. The normalized spacial score (nSPS) is 20.1. The molecule has 0 saturated heterocycles. The highest BCUT2D eigenvalue weighted by Gasteiger charge is 2.25. The van der Waals surface area contributed by atoms with E-state index in [-0.39, 0.29) is 0 Å². The van der Waals surface area contributed by atoms with Gasteiger partial charge in [-0.05, 0) is 46.1 Å². The van der Waals surface area contributed by atoms with Crippen molar-refractivity contribution in [1.29, 1.82) is 0 Å². The second-order valence-electron chi connectivity index (χ2n) is 5.20. The van der Waals surface area contributed by atoms with E-state index in [0.717, 1.165) is 5.92 Å². The van der Waals surface area contributed by atoms with E-state index in [4.69, 9.17) is 0 Å². The highest BCUT2D eigenvalue weighted by Crippen LogP contribution is 2.27. The van der Waals surface area contributed by atoms with Crippen molar-refractivity contribution >= 4 is 0 Å². The predicted molar refractivity (Wildman–Crippen MR) is 59.0 cm³/mol. The van der Waals surface area contributed by atoms with Gasteiger partial charge in [-0.2, -0.15) is 0 Å². The molecule has 13 heavy (non-hydrogen) atoms. The lowest BCUT2D eigenvalue weighted by molar-refractivity contribution is 0.128. The lowest BCUT2D eigenvalue weighted by Gasteiger charge is -2.36. The largest absolute Gasteiger partial charge is 0.301 e. The Morgan fingerprint density at radius 2 is 1.77 bits per heavy atom. The van der Waals surface area contributed by atoms with E-state index in [1.54, 1.807) is 0 Å². The summed E-state index contributed by atoms with van der Waals surface area (Å²) in [5, 5.41) is 0. The average molecular weight is 183 g/mol. The third-order valence-corrected chi connectivity index (χ3v) is 3.91. The molecule has 0 bridgehead atoms. The van der Waals surface area contributed by atoms with E-state index in [1.165, 1.54) is 38.6 Å². The second kappa shape index (κ2) is 4.45. The molecule has 0 aliphatic heterocycles. The van der Waals surface area contributed by atoms with Gasteiger partial charge in [0.25, 0.3) is 0 Å². The van der Waals surface area contributed by atoms with E-state index in [2.05, 4.69) is 32.7 Å². The molecule has 0 aromatic rings. The molecule has 1 nitrogen and oxygen atoms in total. The molecule has 0 aromatic carbocycles. The summed E-state index contributed by atoms with van der Waals surface area (Å²) in [6, 6.07) is 0. The Hall–Kier alpha value is -0.0400. The van der Waals surface area contributed by atoms with Crippen molar-refractivity contribution in [2.75, 3.05) is 13.6 Å². The van der Waals surface area contributed by atoms with Crippen LogP contribution in [0.4, 0.5) is 0 Å². The van der Waals surface area contributed by atoms with Gasteiger partial charge in [-0.25, -0.2) is 0 Å². The Bertz CT molecular complexity index is 145. The molecule has 1 fully saturated rings. The molecule has 0 N–H and O–H groups in total. The van der Waals surface area contributed by atoms with Gasteiger partial charge >= 0.3 is 0 Å². The van der Waals surface area contributed by atoms with Crippen molar-refractivity contribution in [3.05, 3.63) is 0 Å². The van der Waals surface area contributed by atoms with E-state index in [9.17, 15) is 0 Å². The van der Waals surface area contributed by atoms with Gasteiger partial charge < -0.3 is 4.90 Å². The smallest absolute Gasteiger partial charge is 0.0147 e. The van der Waals surface area contributed by atoms with Crippen molar-refractivity contribution in [2.24, 2.45) is 5.92 Å². The molecule has 1 rings (SSSR count). The third-order valence-electron chi connectivity index (χ3n) is 3.91. The molecule has 0 radical (unpaired) electrons. The standard InChI is InChI=1S/C12H25N/c1-5-12(2,3)13(4)10-11-8-6-7-9-11/h11H,5-10H2,1-4H3. The lowest BCUT2D eigenvalue weighted by atomic mass is 9.97. The van der Waals surface area contributed by atoms with E-state index >= 15 is 0 Å². The zero-order valence-electron chi connectivity index (χ0n) is 9.77. The molecule has 0 aromatic heterocycles. The molecular weight excluding hydrogens is 158 g/mol. The number of hydrogen-bond acceptors (Lipinski definition) is 1. The second-order valence-corrected chi connectivity index (χ2v) is 5.20. The molecule has 0 spiro atoms. The van der Waals surface area contributed by atoms with Gasteiger partial charge in [0.1, 0.15) is 0 Å². The lowest BCUT2D eigenvalue weighted by Crippen LogP contribution is -2.42. The van der Waals surface area contributed by atoms with Crippen LogP contribution in [-0.4, -0.2) is 24.0 Å². The third kappa shape index (κ3) is 2.98. The highest BCUT2D eigenvalue weighted by atomic mass is 15.2. The monoisotopic (exact) mass is 183 g/mol. The summed E-state index contributed by atoms with van der Waals surface area (Å²) >= 11 is 0. The molecule has 1 aliphatic rings. The van der Waals surface area contributed by atoms with Crippen LogP contribution in [-0.2, 0) is 0 Å². The van der Waals surface area contributed by atoms with Crippen molar-refractivity contribution in [3.63, 3.8) is 0 Å². The van der Waals surface area contributed by atoms with E-state index < -0.39 is 0 Å². The summed E-state index contributed by atoms with van der Waals surface area (Å²) in [6.45, 7) is 8.29. The van der Waals surface area contributed by atoms with Crippen molar-refractivity contribution in [3.8, 4) is 0 Å². The summed E-state index contributed by atoms with van der Waals surface area (Å²) < 4.78 is 0. The quantitative estimate of drug-likeness (QED) is 0.646. The van der Waals surface area contributed by atoms with E-state index in [1.807, 2.05) is 0 Å². The Balaban J connectivity index is 2.34. The summed E-state index contributed by atoms with van der Waals surface area (Å²) in [5.41, 5.74) is 0.391. The minimum Gasteiger partial charge on any atom is -0.301 e. The molecule has 1 aliphatic carbocycles. The maximum absolute atomic E-state index is 2.54. The first-order chi connectivity index (χ1) is 6.06. The molecule has 1 saturated carbocycles. The van der Waals surface area contributed by atoms with Crippen LogP contribution in [0.25, 0.3) is 0 Å². The van der Waals surface area contributed by atoms with Gasteiger partial charge in [-0.15, -0.1) is 0 Å². The Morgan fingerprint density at radius 3 is 2.23 bits per heavy atom. The fourth-order valence-electron chi connectivity index (χ4n) is 2.10. The van der Waals surface area contributed by atoms with Gasteiger partial charge in [0, 0.05) is 12.1 Å². The van der Waals surface area contributed by atoms with Crippen LogP contribution in [0.1, 0.15) is 52.9 Å². The summed E-state index contributed by atoms with van der Waals surface area (Å²) in [6.07, 6.45) is 7.10. The first kappa shape index (κ1) is 11.0. The SMILES string of the molecule is CCC(C)(C)N(C)CC1CCCC1. The highest BCUT2D eigenvalue weighted by molar-refractivity contribution is 4.80. The van der Waals surface area contributed by atoms with Crippen LogP contribution in [0.5, 0.6) is 0 Å².